The maximum Gasteiger partial charge on any atom is 0.150 e. The number of aliphatic hydroxyl groups excluding tert-OH is 1. The third kappa shape index (κ3) is 3.98. The summed E-state index contributed by atoms with van der Waals surface area (Å²) >= 11 is 0. The second kappa shape index (κ2) is 8.41. The van der Waals surface area contributed by atoms with Gasteiger partial charge in [0.15, 0.2) is 5.82 Å². The Balaban J connectivity index is 1.50. The lowest BCUT2D eigenvalue weighted by Crippen LogP contribution is -2.15. The van der Waals surface area contributed by atoms with Gasteiger partial charge in [0.1, 0.15) is 5.78 Å². The molecule has 0 amide bonds. The number of ketones is 1. The first-order valence-electron chi connectivity index (χ1n) is 9.46. The second-order valence-corrected chi connectivity index (χ2v) is 7.02. The van der Waals surface area contributed by atoms with Crippen molar-refractivity contribution in [2.24, 2.45) is 4.99 Å². The van der Waals surface area contributed by atoms with Crippen LogP contribution in [0, 0.1) is 5.82 Å². The smallest absolute Gasteiger partial charge is 0.150 e. The van der Waals surface area contributed by atoms with Crippen molar-refractivity contribution < 1.29 is 14.3 Å². The number of aromatic nitrogens is 2. The van der Waals surface area contributed by atoms with Crippen molar-refractivity contribution in [2.45, 2.75) is 25.3 Å². The van der Waals surface area contributed by atoms with Gasteiger partial charge in [0.25, 0.3) is 0 Å². The molecule has 1 atom stereocenters. The van der Waals surface area contributed by atoms with Crippen molar-refractivity contribution in [2.75, 3.05) is 6.61 Å². The average Bonchev–Trinajstić information content (AvgIpc) is 3.20. The van der Waals surface area contributed by atoms with Crippen LogP contribution in [0.1, 0.15) is 40.3 Å². The summed E-state index contributed by atoms with van der Waals surface area (Å²) < 4.78 is 15.0. The molecule has 0 saturated heterocycles. The van der Waals surface area contributed by atoms with Gasteiger partial charge in [-0.3, -0.25) is 19.8 Å². The molecule has 0 fully saturated rings. The molecule has 3 aromatic rings. The van der Waals surface area contributed by atoms with Crippen LogP contribution in [-0.4, -0.2) is 33.2 Å². The van der Waals surface area contributed by atoms with E-state index in [1.807, 2.05) is 42.5 Å². The van der Waals surface area contributed by atoms with Gasteiger partial charge in [0.05, 0.1) is 31.0 Å². The highest BCUT2D eigenvalue weighted by molar-refractivity contribution is 6.14. The average molecular weight is 389 g/mol. The topological polar surface area (TPSA) is 75.4 Å². The van der Waals surface area contributed by atoms with Crippen molar-refractivity contribution in [3.8, 4) is 0 Å². The Morgan fingerprint density at radius 2 is 1.90 bits per heavy atom. The third-order valence-corrected chi connectivity index (χ3v) is 5.13. The van der Waals surface area contributed by atoms with Gasteiger partial charge in [0.2, 0.25) is 0 Å². The summed E-state index contributed by atoms with van der Waals surface area (Å²) in [5.74, 6) is -0.931. The predicted molar refractivity (Wildman–Crippen MR) is 107 cm³/mol. The molecular weight excluding hydrogens is 369 g/mol. The Labute approximate surface area is 168 Å². The number of Topliss-reactive ketones (excluding diaryl/α,β-unsaturated/α-hetero) is 1. The lowest BCUT2D eigenvalue weighted by molar-refractivity contribution is -0.119. The largest absolute Gasteiger partial charge is 0.396 e. The van der Waals surface area contributed by atoms with Gasteiger partial charge >= 0.3 is 0 Å². The molecule has 0 unspecified atom stereocenters. The lowest BCUT2D eigenvalue weighted by Gasteiger charge is -2.14. The first-order chi connectivity index (χ1) is 14.2. The number of aliphatic hydroxyl groups is 1. The molecule has 4 rings (SSSR count). The monoisotopic (exact) mass is 389 g/mol. The van der Waals surface area contributed by atoms with E-state index >= 15 is 4.39 Å². The molecule has 0 bridgehead atoms. The Bertz CT molecular complexity index is 1050. The van der Waals surface area contributed by atoms with Crippen LogP contribution in [0.3, 0.4) is 0 Å². The summed E-state index contributed by atoms with van der Waals surface area (Å²) in [4.78, 5) is 25.2. The molecule has 0 saturated carbocycles. The quantitative estimate of drug-likeness (QED) is 0.673. The molecular formula is C23H20FN3O2. The van der Waals surface area contributed by atoms with E-state index in [-0.39, 0.29) is 43.4 Å². The maximum atomic E-state index is 15.0. The number of carbonyl (C=O) groups is 1. The SMILES string of the molecule is O=C(Cc1ncc2c(c1F)CN=C2c1ccncc1)C[C@H](CO)c1ccccc1. The summed E-state index contributed by atoms with van der Waals surface area (Å²) in [7, 11) is 0. The maximum absolute atomic E-state index is 15.0. The van der Waals surface area contributed by atoms with Gasteiger partial charge in [-0.2, -0.15) is 0 Å². The zero-order valence-corrected chi connectivity index (χ0v) is 15.8. The Morgan fingerprint density at radius 3 is 2.62 bits per heavy atom. The zero-order valence-electron chi connectivity index (χ0n) is 15.8. The van der Waals surface area contributed by atoms with Gasteiger partial charge < -0.3 is 5.11 Å². The molecule has 29 heavy (non-hydrogen) atoms. The van der Waals surface area contributed by atoms with Crippen molar-refractivity contribution in [3.05, 3.63) is 94.8 Å². The molecule has 6 heteroatoms. The molecule has 5 nitrogen and oxygen atoms in total. The van der Waals surface area contributed by atoms with E-state index in [0.29, 0.717) is 16.8 Å². The van der Waals surface area contributed by atoms with E-state index in [0.717, 1.165) is 11.1 Å². The third-order valence-electron chi connectivity index (χ3n) is 5.13. The molecule has 1 aliphatic heterocycles. The van der Waals surface area contributed by atoms with E-state index in [4.69, 9.17) is 0 Å². The van der Waals surface area contributed by atoms with Crippen LogP contribution < -0.4 is 0 Å². The summed E-state index contributed by atoms with van der Waals surface area (Å²) in [6, 6.07) is 13.0. The van der Waals surface area contributed by atoms with Gasteiger partial charge in [0, 0.05) is 47.6 Å². The van der Waals surface area contributed by atoms with E-state index < -0.39 is 5.82 Å². The summed E-state index contributed by atoms with van der Waals surface area (Å²) in [5, 5.41) is 9.65. The number of hydrogen-bond donors (Lipinski definition) is 1. The lowest BCUT2D eigenvalue weighted by atomic mass is 9.93. The van der Waals surface area contributed by atoms with Crippen LogP contribution in [0.25, 0.3) is 0 Å². The van der Waals surface area contributed by atoms with Crippen LogP contribution in [0.2, 0.25) is 0 Å². The second-order valence-electron chi connectivity index (χ2n) is 7.02. The van der Waals surface area contributed by atoms with Crippen molar-refractivity contribution in [3.63, 3.8) is 0 Å². The van der Waals surface area contributed by atoms with Crippen molar-refractivity contribution in [1.29, 1.82) is 0 Å². The number of rotatable bonds is 7. The predicted octanol–water partition coefficient (Wildman–Crippen LogP) is 3.24. The Morgan fingerprint density at radius 1 is 1.14 bits per heavy atom. The molecule has 2 aromatic heterocycles. The molecule has 0 aliphatic carbocycles. The fraction of sp³-hybridized carbons (Fsp3) is 0.217. The van der Waals surface area contributed by atoms with Gasteiger partial charge in [-0.25, -0.2) is 4.39 Å². The van der Waals surface area contributed by atoms with Crippen molar-refractivity contribution >= 4 is 11.5 Å². The minimum Gasteiger partial charge on any atom is -0.396 e. The van der Waals surface area contributed by atoms with E-state index in [1.165, 1.54) is 0 Å². The highest BCUT2D eigenvalue weighted by atomic mass is 19.1. The number of pyridine rings is 2. The number of fused-ring (bicyclic) bond motifs is 1. The fourth-order valence-electron chi connectivity index (χ4n) is 3.60. The van der Waals surface area contributed by atoms with Crippen LogP contribution in [-0.2, 0) is 17.8 Å². The van der Waals surface area contributed by atoms with Crippen LogP contribution in [0.5, 0.6) is 0 Å². The standard InChI is InChI=1S/C23H20FN3O2/c24-22-19-12-27-23(16-6-8-25-9-7-16)20(19)13-26-21(22)11-18(29)10-17(14-28)15-4-2-1-3-5-15/h1-9,13,17,28H,10-12,14H2/t17-/m1/s1. The Kier molecular flexibility index (Phi) is 5.53. The summed E-state index contributed by atoms with van der Waals surface area (Å²) in [6.07, 6.45) is 4.95. The number of benzene rings is 1. The van der Waals surface area contributed by atoms with Gasteiger partial charge in [-0.15, -0.1) is 0 Å². The van der Waals surface area contributed by atoms with E-state index in [1.54, 1.807) is 18.6 Å². The highest BCUT2D eigenvalue weighted by Gasteiger charge is 2.25. The number of nitrogens with zero attached hydrogens (tertiary/aromatic N) is 3. The number of aliphatic imine (C=N–C) groups is 1. The van der Waals surface area contributed by atoms with Crippen LogP contribution in [0.4, 0.5) is 4.39 Å². The molecule has 146 valence electrons. The first kappa shape index (κ1) is 19.1. The van der Waals surface area contributed by atoms with E-state index in [9.17, 15) is 9.90 Å². The minimum absolute atomic E-state index is 0.104. The highest BCUT2D eigenvalue weighted by Crippen LogP contribution is 2.27. The molecule has 1 aromatic carbocycles. The molecule has 0 spiro atoms. The Hall–Kier alpha value is -3.25. The summed E-state index contributed by atoms with van der Waals surface area (Å²) in [6.45, 7) is 0.0881. The van der Waals surface area contributed by atoms with Crippen LogP contribution >= 0.6 is 0 Å². The van der Waals surface area contributed by atoms with Crippen LogP contribution in [0.15, 0.2) is 66.0 Å². The molecule has 1 aliphatic rings. The van der Waals surface area contributed by atoms with Gasteiger partial charge in [-0.1, -0.05) is 30.3 Å². The minimum atomic E-state index is -0.469. The first-order valence-corrected chi connectivity index (χ1v) is 9.46. The molecule has 0 radical (unpaired) electrons. The van der Waals surface area contributed by atoms with Gasteiger partial charge in [-0.05, 0) is 17.7 Å². The summed E-state index contributed by atoms with van der Waals surface area (Å²) in [5.41, 5.74) is 3.69. The molecule has 1 N–H and O–H groups in total. The normalized spacial score (nSPS) is 13.7. The molecule has 3 heterocycles. The number of hydrogen-bond acceptors (Lipinski definition) is 5. The number of halogens is 1. The fourth-order valence-corrected chi connectivity index (χ4v) is 3.60. The van der Waals surface area contributed by atoms with E-state index in [2.05, 4.69) is 15.0 Å². The zero-order chi connectivity index (χ0) is 20.2. The van der Waals surface area contributed by atoms with Crippen molar-refractivity contribution in [1.82, 2.24) is 9.97 Å². The number of carbonyl (C=O) groups excluding carboxylic acids is 1.